The molecule has 1 heterocycles. The molecule has 1 aromatic heterocycles. The Hall–Kier alpha value is -1.54. The van der Waals surface area contributed by atoms with E-state index in [2.05, 4.69) is 42.7 Å². The van der Waals surface area contributed by atoms with Gasteiger partial charge in [-0.1, -0.05) is 12.1 Å². The lowest BCUT2D eigenvalue weighted by atomic mass is 10.1. The Morgan fingerprint density at radius 2 is 2.12 bits per heavy atom. The molecule has 17 heavy (non-hydrogen) atoms. The van der Waals surface area contributed by atoms with Gasteiger partial charge in [-0.3, -0.25) is 0 Å². The average molecular weight is 229 g/mol. The first kappa shape index (κ1) is 11.9. The second-order valence-electron chi connectivity index (χ2n) is 4.26. The minimum atomic E-state index is 0.103. The van der Waals surface area contributed by atoms with Gasteiger partial charge in [0.1, 0.15) is 0 Å². The Morgan fingerprint density at radius 3 is 2.71 bits per heavy atom. The van der Waals surface area contributed by atoms with Crippen LogP contribution in [-0.2, 0) is 13.2 Å². The standard InChI is InChI=1S/C15H19NO/c1-4-6-14-11(3)13-9-12(10-17)7-8-15(13)16(14)5-2/h4,6-9,17H,5,10H2,1-3H3/b6-4-. The van der Waals surface area contributed by atoms with E-state index in [1.807, 2.05) is 13.0 Å². The Labute approximate surface area is 102 Å². The molecule has 1 aromatic carbocycles. The Kier molecular flexibility index (Phi) is 3.34. The summed E-state index contributed by atoms with van der Waals surface area (Å²) in [5, 5.41) is 10.4. The van der Waals surface area contributed by atoms with Crippen LogP contribution in [0.15, 0.2) is 24.3 Å². The lowest BCUT2D eigenvalue weighted by Crippen LogP contribution is -1.96. The van der Waals surface area contributed by atoms with E-state index in [-0.39, 0.29) is 6.61 Å². The number of nitrogens with zero attached hydrogens (tertiary/aromatic N) is 1. The number of hydrogen-bond donors (Lipinski definition) is 1. The molecular weight excluding hydrogens is 210 g/mol. The van der Waals surface area contributed by atoms with Gasteiger partial charge in [0.15, 0.2) is 0 Å². The molecule has 0 spiro atoms. The zero-order valence-corrected chi connectivity index (χ0v) is 10.7. The van der Waals surface area contributed by atoms with Crippen molar-refractivity contribution < 1.29 is 5.11 Å². The fourth-order valence-corrected chi connectivity index (χ4v) is 2.40. The first-order valence-electron chi connectivity index (χ1n) is 6.08. The summed E-state index contributed by atoms with van der Waals surface area (Å²) in [6.07, 6.45) is 4.22. The first-order chi connectivity index (χ1) is 8.22. The number of allylic oxidation sites excluding steroid dienone is 1. The molecule has 2 aromatic rings. The molecule has 0 aliphatic carbocycles. The van der Waals surface area contributed by atoms with Crippen molar-refractivity contribution in [1.82, 2.24) is 4.57 Å². The van der Waals surface area contributed by atoms with Gasteiger partial charge < -0.3 is 9.67 Å². The lowest BCUT2D eigenvalue weighted by Gasteiger charge is -2.04. The minimum Gasteiger partial charge on any atom is -0.392 e. The lowest BCUT2D eigenvalue weighted by molar-refractivity contribution is 0.282. The highest BCUT2D eigenvalue weighted by atomic mass is 16.3. The van der Waals surface area contributed by atoms with Crippen molar-refractivity contribution in [2.45, 2.75) is 33.9 Å². The van der Waals surface area contributed by atoms with Gasteiger partial charge in [-0.15, -0.1) is 0 Å². The van der Waals surface area contributed by atoms with Gasteiger partial charge in [-0.05, 0) is 50.1 Å². The van der Waals surface area contributed by atoms with Crippen LogP contribution in [0.4, 0.5) is 0 Å². The van der Waals surface area contributed by atoms with Crippen LogP contribution in [0.25, 0.3) is 17.0 Å². The highest BCUT2D eigenvalue weighted by Crippen LogP contribution is 2.27. The van der Waals surface area contributed by atoms with Crippen LogP contribution in [0, 0.1) is 6.92 Å². The van der Waals surface area contributed by atoms with Crippen molar-refractivity contribution in [1.29, 1.82) is 0 Å². The molecule has 0 saturated heterocycles. The summed E-state index contributed by atoms with van der Waals surface area (Å²) in [5.41, 5.74) is 4.77. The summed E-state index contributed by atoms with van der Waals surface area (Å²) in [4.78, 5) is 0. The van der Waals surface area contributed by atoms with Gasteiger partial charge in [0, 0.05) is 23.1 Å². The van der Waals surface area contributed by atoms with E-state index in [9.17, 15) is 5.11 Å². The van der Waals surface area contributed by atoms with Gasteiger partial charge in [0.05, 0.1) is 6.61 Å². The third-order valence-corrected chi connectivity index (χ3v) is 3.25. The SMILES string of the molecule is C/C=C\c1c(C)c2cc(CO)ccc2n1CC. The van der Waals surface area contributed by atoms with Gasteiger partial charge in [0.2, 0.25) is 0 Å². The highest BCUT2D eigenvalue weighted by molar-refractivity contribution is 5.88. The predicted molar refractivity (Wildman–Crippen MR) is 73.0 cm³/mol. The monoisotopic (exact) mass is 229 g/mol. The number of aliphatic hydroxyl groups excluding tert-OH is 1. The van der Waals surface area contributed by atoms with E-state index < -0.39 is 0 Å². The molecule has 0 saturated carbocycles. The van der Waals surface area contributed by atoms with Crippen LogP contribution in [0.5, 0.6) is 0 Å². The van der Waals surface area contributed by atoms with Crippen LogP contribution in [0.1, 0.15) is 30.7 Å². The van der Waals surface area contributed by atoms with Crippen LogP contribution in [0.3, 0.4) is 0 Å². The fraction of sp³-hybridized carbons (Fsp3) is 0.333. The maximum absolute atomic E-state index is 9.20. The summed E-state index contributed by atoms with van der Waals surface area (Å²) in [6.45, 7) is 7.40. The van der Waals surface area contributed by atoms with Crippen molar-refractivity contribution in [2.75, 3.05) is 0 Å². The van der Waals surface area contributed by atoms with Crippen LogP contribution < -0.4 is 0 Å². The highest BCUT2D eigenvalue weighted by Gasteiger charge is 2.11. The summed E-state index contributed by atoms with van der Waals surface area (Å²) < 4.78 is 2.31. The second-order valence-corrected chi connectivity index (χ2v) is 4.26. The zero-order valence-electron chi connectivity index (χ0n) is 10.7. The molecule has 90 valence electrons. The molecule has 2 nitrogen and oxygen atoms in total. The van der Waals surface area contributed by atoms with Gasteiger partial charge in [-0.25, -0.2) is 0 Å². The van der Waals surface area contributed by atoms with Crippen molar-refractivity contribution >= 4 is 17.0 Å². The predicted octanol–water partition coefficient (Wildman–Crippen LogP) is 3.50. The minimum absolute atomic E-state index is 0.103. The Morgan fingerprint density at radius 1 is 1.35 bits per heavy atom. The number of fused-ring (bicyclic) bond motifs is 1. The topological polar surface area (TPSA) is 25.2 Å². The van der Waals surface area contributed by atoms with Gasteiger partial charge in [-0.2, -0.15) is 0 Å². The van der Waals surface area contributed by atoms with Gasteiger partial charge >= 0.3 is 0 Å². The molecular formula is C15H19NO. The number of hydrogen-bond acceptors (Lipinski definition) is 1. The second kappa shape index (κ2) is 4.76. The smallest absolute Gasteiger partial charge is 0.0682 e. The number of aliphatic hydroxyl groups is 1. The molecule has 0 aliphatic rings. The molecule has 0 bridgehead atoms. The van der Waals surface area contributed by atoms with Crippen molar-refractivity contribution in [3.05, 3.63) is 41.1 Å². The van der Waals surface area contributed by atoms with E-state index in [1.165, 1.54) is 22.2 Å². The molecule has 0 aliphatic heterocycles. The number of benzene rings is 1. The van der Waals surface area contributed by atoms with E-state index >= 15 is 0 Å². The summed E-state index contributed by atoms with van der Waals surface area (Å²) in [7, 11) is 0. The maximum atomic E-state index is 9.20. The van der Waals surface area contributed by atoms with E-state index in [0.717, 1.165) is 12.1 Å². The molecule has 2 heteroatoms. The normalized spacial score (nSPS) is 11.8. The first-order valence-corrected chi connectivity index (χ1v) is 6.08. The fourth-order valence-electron chi connectivity index (χ4n) is 2.40. The quantitative estimate of drug-likeness (QED) is 0.856. The largest absolute Gasteiger partial charge is 0.392 e. The third-order valence-electron chi connectivity index (χ3n) is 3.25. The van der Waals surface area contributed by atoms with E-state index in [4.69, 9.17) is 0 Å². The zero-order chi connectivity index (χ0) is 12.4. The van der Waals surface area contributed by atoms with E-state index in [1.54, 1.807) is 0 Å². The molecule has 0 radical (unpaired) electrons. The number of aromatic nitrogens is 1. The summed E-state index contributed by atoms with van der Waals surface area (Å²) in [6, 6.07) is 6.18. The summed E-state index contributed by atoms with van der Waals surface area (Å²) >= 11 is 0. The number of aryl methyl sites for hydroxylation is 2. The van der Waals surface area contributed by atoms with Crippen molar-refractivity contribution in [2.24, 2.45) is 0 Å². The maximum Gasteiger partial charge on any atom is 0.0682 e. The molecule has 0 atom stereocenters. The molecule has 1 N–H and O–H groups in total. The molecule has 0 fully saturated rings. The summed E-state index contributed by atoms with van der Waals surface area (Å²) in [5.74, 6) is 0. The molecule has 0 unspecified atom stereocenters. The van der Waals surface area contributed by atoms with Crippen LogP contribution >= 0.6 is 0 Å². The van der Waals surface area contributed by atoms with Crippen LogP contribution in [0.2, 0.25) is 0 Å². The van der Waals surface area contributed by atoms with Crippen LogP contribution in [-0.4, -0.2) is 9.67 Å². The Balaban J connectivity index is 2.78. The van der Waals surface area contributed by atoms with E-state index in [0.29, 0.717) is 0 Å². The van der Waals surface area contributed by atoms with Crippen molar-refractivity contribution in [3.63, 3.8) is 0 Å². The number of rotatable bonds is 3. The third kappa shape index (κ3) is 1.89. The Bertz CT molecular complexity index is 564. The van der Waals surface area contributed by atoms with Crippen molar-refractivity contribution in [3.8, 4) is 0 Å². The average Bonchev–Trinajstić information content (AvgIpc) is 2.62. The van der Waals surface area contributed by atoms with Gasteiger partial charge in [0.25, 0.3) is 0 Å². The molecule has 2 rings (SSSR count). The molecule has 0 amide bonds.